The van der Waals surface area contributed by atoms with Crippen LogP contribution in [0.4, 0.5) is 24.7 Å². The number of halogens is 3. The van der Waals surface area contributed by atoms with Crippen LogP contribution in [0.2, 0.25) is 0 Å². The summed E-state index contributed by atoms with van der Waals surface area (Å²) < 4.78 is 60.1. The van der Waals surface area contributed by atoms with Crippen LogP contribution in [0, 0.1) is 0 Å². The first-order chi connectivity index (χ1) is 18.3. The van der Waals surface area contributed by atoms with E-state index in [4.69, 9.17) is 9.90 Å². The molecule has 14 heteroatoms. The summed E-state index contributed by atoms with van der Waals surface area (Å²) in [5.41, 5.74) is 1.70. The lowest BCUT2D eigenvalue weighted by atomic mass is 10.0. The van der Waals surface area contributed by atoms with Crippen molar-refractivity contribution < 1.29 is 36.3 Å². The summed E-state index contributed by atoms with van der Waals surface area (Å²) in [5, 5.41) is 13.3. The highest BCUT2D eigenvalue weighted by Gasteiger charge is 2.38. The normalized spacial score (nSPS) is 13.9. The van der Waals surface area contributed by atoms with E-state index in [1.54, 1.807) is 18.2 Å². The molecule has 2 aromatic rings. The summed E-state index contributed by atoms with van der Waals surface area (Å²) in [6.45, 7) is 9.81. The number of piperazine rings is 1. The minimum absolute atomic E-state index is 0.169. The van der Waals surface area contributed by atoms with Gasteiger partial charge in [-0.1, -0.05) is 39.3 Å². The maximum absolute atomic E-state index is 12.9. The predicted molar refractivity (Wildman–Crippen MR) is 142 cm³/mol. The zero-order valence-corrected chi connectivity index (χ0v) is 22.8. The number of carboxylic acid groups (broad SMARTS) is 1. The molecule has 0 bridgehead atoms. The van der Waals surface area contributed by atoms with Gasteiger partial charge in [-0.15, -0.1) is 0 Å². The van der Waals surface area contributed by atoms with Gasteiger partial charge in [0.2, 0.25) is 0 Å². The molecule has 0 saturated carbocycles. The van der Waals surface area contributed by atoms with Gasteiger partial charge in [-0.3, -0.25) is 9.52 Å². The Morgan fingerprint density at radius 3 is 2.26 bits per heavy atom. The number of carbonyl (C=O) groups excluding carboxylic acids is 1. The number of anilines is 2. The Kier molecular flexibility index (Phi) is 11.5. The quantitative estimate of drug-likeness (QED) is 0.334. The second-order valence-electron chi connectivity index (χ2n) is 9.07. The molecule has 1 aromatic carbocycles. The highest BCUT2D eigenvalue weighted by molar-refractivity contribution is 7.92. The molecule has 1 saturated heterocycles. The van der Waals surface area contributed by atoms with E-state index >= 15 is 0 Å². The van der Waals surface area contributed by atoms with E-state index in [2.05, 4.69) is 41.1 Å². The number of aliphatic carboxylic acids is 1. The van der Waals surface area contributed by atoms with Gasteiger partial charge < -0.3 is 20.6 Å². The zero-order chi connectivity index (χ0) is 29.2. The third kappa shape index (κ3) is 9.70. The summed E-state index contributed by atoms with van der Waals surface area (Å²) in [7, 11) is -3.80. The molecule has 1 aliphatic rings. The van der Waals surface area contributed by atoms with E-state index < -0.39 is 22.2 Å². The number of nitrogens with zero attached hydrogens (tertiary/aromatic N) is 2. The molecule has 216 valence electrons. The highest BCUT2D eigenvalue weighted by Crippen LogP contribution is 2.25. The van der Waals surface area contributed by atoms with Gasteiger partial charge in [0.05, 0.1) is 22.3 Å². The van der Waals surface area contributed by atoms with E-state index in [1.807, 2.05) is 17.0 Å². The van der Waals surface area contributed by atoms with Crippen molar-refractivity contribution in [1.82, 2.24) is 15.6 Å². The van der Waals surface area contributed by atoms with Gasteiger partial charge in [-0.05, 0) is 36.1 Å². The minimum Gasteiger partial charge on any atom is -0.475 e. The van der Waals surface area contributed by atoms with Crippen molar-refractivity contribution in [2.24, 2.45) is 0 Å². The Labute approximate surface area is 226 Å². The van der Waals surface area contributed by atoms with Crippen molar-refractivity contribution in [3.05, 3.63) is 47.7 Å². The van der Waals surface area contributed by atoms with Crippen LogP contribution >= 0.6 is 0 Å². The van der Waals surface area contributed by atoms with E-state index in [-0.39, 0.29) is 16.5 Å². The van der Waals surface area contributed by atoms with E-state index in [1.165, 1.54) is 6.20 Å². The van der Waals surface area contributed by atoms with Gasteiger partial charge >= 0.3 is 12.1 Å². The average Bonchev–Trinajstić information content (AvgIpc) is 2.89. The average molecular weight is 574 g/mol. The molecule has 10 nitrogen and oxygen atoms in total. The topological polar surface area (TPSA) is 141 Å². The molecular weight excluding hydrogens is 539 g/mol. The number of aromatic nitrogens is 1. The van der Waals surface area contributed by atoms with Gasteiger partial charge in [-0.25, -0.2) is 18.2 Å². The number of nitrogens with one attached hydrogen (secondary N) is 3. The highest BCUT2D eigenvalue weighted by atomic mass is 32.2. The number of amides is 1. The van der Waals surface area contributed by atoms with Crippen molar-refractivity contribution in [3.8, 4) is 0 Å². The number of carboxylic acids is 1. The van der Waals surface area contributed by atoms with Gasteiger partial charge in [0.25, 0.3) is 15.9 Å². The Morgan fingerprint density at radius 2 is 1.74 bits per heavy atom. The van der Waals surface area contributed by atoms with E-state index in [9.17, 15) is 26.4 Å². The van der Waals surface area contributed by atoms with Crippen molar-refractivity contribution in [2.75, 3.05) is 42.3 Å². The second-order valence-corrected chi connectivity index (χ2v) is 10.8. The van der Waals surface area contributed by atoms with Gasteiger partial charge in [0.1, 0.15) is 5.82 Å². The summed E-state index contributed by atoms with van der Waals surface area (Å²) in [5.74, 6) is -2.12. The van der Waals surface area contributed by atoms with Gasteiger partial charge in [0, 0.05) is 32.7 Å². The smallest absolute Gasteiger partial charge is 0.475 e. The van der Waals surface area contributed by atoms with Gasteiger partial charge in [-0.2, -0.15) is 13.2 Å². The summed E-state index contributed by atoms with van der Waals surface area (Å²) in [4.78, 5) is 28.5. The third-order valence-corrected chi connectivity index (χ3v) is 7.09. The van der Waals surface area contributed by atoms with Crippen molar-refractivity contribution in [1.29, 1.82) is 0 Å². The molecule has 0 unspecified atom stereocenters. The number of rotatable bonds is 9. The van der Waals surface area contributed by atoms with Crippen LogP contribution in [0.25, 0.3) is 0 Å². The number of sulfonamides is 1. The number of hydrogen-bond acceptors (Lipinski definition) is 7. The third-order valence-electron chi connectivity index (χ3n) is 5.70. The van der Waals surface area contributed by atoms with Crippen LogP contribution in [0.1, 0.15) is 55.5 Å². The molecule has 1 fully saturated rings. The largest absolute Gasteiger partial charge is 0.490 e. The molecule has 1 aliphatic heterocycles. The Bertz CT molecular complexity index is 1220. The maximum Gasteiger partial charge on any atom is 0.490 e. The number of hydrogen-bond donors (Lipinski definition) is 4. The number of alkyl halides is 3. The first-order valence-corrected chi connectivity index (χ1v) is 13.9. The molecule has 3 rings (SSSR count). The van der Waals surface area contributed by atoms with Crippen molar-refractivity contribution in [3.63, 3.8) is 0 Å². The Balaban J connectivity index is 0.000000673. The van der Waals surface area contributed by atoms with Crippen molar-refractivity contribution >= 4 is 33.4 Å². The van der Waals surface area contributed by atoms with Crippen LogP contribution in [0.3, 0.4) is 0 Å². The molecule has 0 spiro atoms. The first kappa shape index (κ1) is 31.8. The number of unbranched alkanes of at least 4 members (excludes halogenated alkanes) is 1. The van der Waals surface area contributed by atoms with Crippen molar-refractivity contribution in [2.45, 2.75) is 50.6 Å². The lowest BCUT2D eigenvalue weighted by Crippen LogP contribution is -2.44. The van der Waals surface area contributed by atoms with E-state index in [0.717, 1.165) is 44.6 Å². The molecule has 1 aromatic heterocycles. The van der Waals surface area contributed by atoms with Crippen LogP contribution in [0.5, 0.6) is 0 Å². The minimum atomic E-state index is -5.08. The van der Waals surface area contributed by atoms with E-state index in [0.29, 0.717) is 23.8 Å². The fourth-order valence-electron chi connectivity index (χ4n) is 3.53. The van der Waals surface area contributed by atoms with Gasteiger partial charge in [0.15, 0.2) is 0 Å². The number of benzene rings is 1. The first-order valence-electron chi connectivity index (χ1n) is 12.4. The molecule has 4 N–H and O–H groups in total. The monoisotopic (exact) mass is 573 g/mol. The summed E-state index contributed by atoms with van der Waals surface area (Å²) >= 11 is 0. The van der Waals surface area contributed by atoms with Crippen LogP contribution in [0.15, 0.2) is 41.4 Å². The van der Waals surface area contributed by atoms with Crippen LogP contribution < -0.4 is 20.3 Å². The molecule has 0 atom stereocenters. The molecule has 1 amide bonds. The summed E-state index contributed by atoms with van der Waals surface area (Å²) in [6.07, 6.45) is -1.76. The SMILES string of the molecule is CCCCNC(=O)c1cc(NS(=O)(=O)c2ccc(C(C)C)cc2)cnc1N1CCNCC1.O=C(O)C(F)(F)F. The fourth-order valence-corrected chi connectivity index (χ4v) is 4.56. The predicted octanol–water partition coefficient (Wildman–Crippen LogP) is 3.58. The molecule has 2 heterocycles. The molecule has 0 radical (unpaired) electrons. The lowest BCUT2D eigenvalue weighted by Gasteiger charge is -2.30. The summed E-state index contributed by atoms with van der Waals surface area (Å²) in [6, 6.07) is 8.40. The molecule has 39 heavy (non-hydrogen) atoms. The number of carbonyl (C=O) groups is 2. The Morgan fingerprint density at radius 1 is 1.15 bits per heavy atom. The maximum atomic E-state index is 12.9. The number of pyridine rings is 1. The molecular formula is C25H34F3N5O5S. The Hall–Kier alpha value is -3.39. The lowest BCUT2D eigenvalue weighted by molar-refractivity contribution is -0.192. The van der Waals surface area contributed by atoms with Crippen LogP contribution in [-0.2, 0) is 14.8 Å². The van der Waals surface area contributed by atoms with Crippen LogP contribution in [-0.4, -0.2) is 69.3 Å². The molecule has 0 aliphatic carbocycles. The zero-order valence-electron chi connectivity index (χ0n) is 22.0. The standard InChI is InChI=1S/C23H33N5O3S.C2HF3O2/c1-4-5-10-25-23(29)21-15-19(16-26-22(21)28-13-11-24-12-14-28)27-32(30,31)20-8-6-18(7-9-20)17(2)3;3-2(4,5)1(6)7/h6-9,15-17,24,27H,4-5,10-14H2,1-3H3,(H,25,29);(H,6,7). The fraction of sp³-hybridized carbons (Fsp3) is 0.480. The second kappa shape index (κ2) is 14.1.